The Morgan fingerprint density at radius 3 is 2.74 bits per heavy atom. The molecular weight excluding hydrogens is 256 g/mol. The van der Waals surface area contributed by atoms with Crippen molar-refractivity contribution < 1.29 is 8.95 Å². The molecule has 2 aliphatic rings. The van der Waals surface area contributed by atoms with Gasteiger partial charge in [-0.05, 0) is 63.4 Å². The Hall–Kier alpha value is -0.310. The molecule has 3 heteroatoms. The zero-order chi connectivity index (χ0) is 13.6. The van der Waals surface area contributed by atoms with Gasteiger partial charge in [-0.15, -0.1) is 0 Å². The lowest BCUT2D eigenvalue weighted by Crippen LogP contribution is -2.38. The van der Waals surface area contributed by atoms with E-state index in [0.29, 0.717) is 0 Å². The number of ether oxygens (including phenoxy) is 1. The fourth-order valence-electron chi connectivity index (χ4n) is 3.37. The summed E-state index contributed by atoms with van der Waals surface area (Å²) < 4.78 is 18.1. The maximum atomic E-state index is 12.3. The Kier molecular flexibility index (Phi) is 5.93. The van der Waals surface area contributed by atoms with Crippen LogP contribution in [-0.2, 0) is 15.5 Å². The molecule has 1 saturated heterocycles. The Bertz CT molecular complexity index is 330. The van der Waals surface area contributed by atoms with Crippen molar-refractivity contribution in [1.82, 2.24) is 0 Å². The van der Waals surface area contributed by atoms with Crippen molar-refractivity contribution in [2.75, 3.05) is 12.4 Å². The van der Waals surface area contributed by atoms with Crippen LogP contribution in [0.3, 0.4) is 0 Å². The molecule has 0 bridgehead atoms. The summed E-state index contributed by atoms with van der Waals surface area (Å²) >= 11 is 0. The minimum absolute atomic E-state index is 0.0993. The maximum absolute atomic E-state index is 12.3. The molecule has 0 amide bonds. The topological polar surface area (TPSA) is 26.3 Å². The second-order valence-corrected chi connectivity index (χ2v) is 7.97. The average Bonchev–Trinajstić information content (AvgIpc) is 2.94. The van der Waals surface area contributed by atoms with E-state index in [1.54, 1.807) is 0 Å². The quantitative estimate of drug-likeness (QED) is 0.536. The molecule has 1 saturated carbocycles. The van der Waals surface area contributed by atoms with Crippen molar-refractivity contribution in [2.24, 2.45) is 0 Å². The van der Waals surface area contributed by atoms with Crippen molar-refractivity contribution in [1.29, 1.82) is 0 Å². The normalized spacial score (nSPS) is 31.4. The van der Waals surface area contributed by atoms with E-state index < -0.39 is 10.8 Å². The summed E-state index contributed by atoms with van der Waals surface area (Å²) in [4.78, 5) is 0. The van der Waals surface area contributed by atoms with Crippen LogP contribution >= 0.6 is 0 Å². The molecule has 0 aromatic heterocycles. The van der Waals surface area contributed by atoms with Crippen LogP contribution < -0.4 is 0 Å². The van der Waals surface area contributed by atoms with E-state index in [4.69, 9.17) is 4.74 Å². The van der Waals surface area contributed by atoms with Crippen LogP contribution in [0.15, 0.2) is 11.8 Å². The summed E-state index contributed by atoms with van der Waals surface area (Å²) in [5.74, 6) is 0.915. The van der Waals surface area contributed by atoms with Gasteiger partial charge in [0.1, 0.15) is 0 Å². The Labute approximate surface area is 120 Å². The summed E-state index contributed by atoms with van der Waals surface area (Å²) in [6.07, 6.45) is 13.8. The van der Waals surface area contributed by atoms with Gasteiger partial charge in [-0.25, -0.2) is 0 Å². The number of rotatable bonds is 6. The van der Waals surface area contributed by atoms with Gasteiger partial charge in [0.05, 0.1) is 12.9 Å². The highest BCUT2D eigenvalue weighted by atomic mass is 32.2. The molecule has 2 atom stereocenters. The molecule has 110 valence electrons. The van der Waals surface area contributed by atoms with Crippen LogP contribution in [0.5, 0.6) is 0 Å². The van der Waals surface area contributed by atoms with Crippen molar-refractivity contribution in [3.63, 3.8) is 0 Å². The van der Waals surface area contributed by atoms with Crippen molar-refractivity contribution in [2.45, 2.75) is 75.9 Å². The molecule has 0 aromatic carbocycles. The molecule has 0 aromatic rings. The molecule has 1 aliphatic heterocycles. The monoisotopic (exact) mass is 284 g/mol. The van der Waals surface area contributed by atoms with Gasteiger partial charge < -0.3 is 4.74 Å². The molecule has 2 fully saturated rings. The van der Waals surface area contributed by atoms with Crippen molar-refractivity contribution in [3.8, 4) is 0 Å². The highest BCUT2D eigenvalue weighted by molar-refractivity contribution is 7.86. The van der Waals surface area contributed by atoms with E-state index in [2.05, 4.69) is 6.92 Å². The first-order valence-corrected chi connectivity index (χ1v) is 9.27. The highest BCUT2D eigenvalue weighted by Crippen LogP contribution is 2.35. The predicted octanol–water partition coefficient (Wildman–Crippen LogP) is 4.32. The van der Waals surface area contributed by atoms with Crippen LogP contribution in [0, 0.1) is 0 Å². The molecule has 1 heterocycles. The fourth-order valence-corrected chi connectivity index (χ4v) is 5.33. The van der Waals surface area contributed by atoms with E-state index in [1.165, 1.54) is 37.7 Å². The van der Waals surface area contributed by atoms with Crippen LogP contribution in [0.25, 0.3) is 0 Å². The molecule has 0 spiro atoms. The standard InChI is InChI=1S/C16H28O2S/c1-2-16(10-5-6-13-19(16)17)11-7-12-18-14-15-8-3-4-9-15/h14H,2-13H2,1H3. The first kappa shape index (κ1) is 15.1. The van der Waals surface area contributed by atoms with E-state index in [1.807, 2.05) is 6.26 Å². The van der Waals surface area contributed by atoms with E-state index in [0.717, 1.165) is 44.5 Å². The Morgan fingerprint density at radius 1 is 1.26 bits per heavy atom. The third-order valence-electron chi connectivity index (χ3n) is 4.73. The molecule has 2 nitrogen and oxygen atoms in total. The summed E-state index contributed by atoms with van der Waals surface area (Å²) in [7, 11) is -0.615. The van der Waals surface area contributed by atoms with Gasteiger partial charge in [0.2, 0.25) is 0 Å². The first-order chi connectivity index (χ1) is 9.27. The van der Waals surface area contributed by atoms with Crippen LogP contribution in [-0.4, -0.2) is 21.3 Å². The largest absolute Gasteiger partial charge is 0.501 e. The van der Waals surface area contributed by atoms with Gasteiger partial charge in [0.15, 0.2) is 0 Å². The van der Waals surface area contributed by atoms with Gasteiger partial charge in [-0.1, -0.05) is 13.3 Å². The minimum atomic E-state index is -0.615. The van der Waals surface area contributed by atoms with E-state index in [-0.39, 0.29) is 4.75 Å². The highest BCUT2D eigenvalue weighted by Gasteiger charge is 2.36. The molecule has 0 N–H and O–H groups in total. The van der Waals surface area contributed by atoms with Crippen LogP contribution in [0.2, 0.25) is 0 Å². The van der Waals surface area contributed by atoms with Crippen LogP contribution in [0.1, 0.15) is 71.1 Å². The predicted molar refractivity (Wildman–Crippen MR) is 81.6 cm³/mol. The lowest BCUT2D eigenvalue weighted by Gasteiger charge is -2.35. The van der Waals surface area contributed by atoms with Gasteiger partial charge in [-0.3, -0.25) is 4.21 Å². The average molecular weight is 284 g/mol. The van der Waals surface area contributed by atoms with E-state index in [9.17, 15) is 4.21 Å². The van der Waals surface area contributed by atoms with Crippen LogP contribution in [0.4, 0.5) is 0 Å². The summed E-state index contributed by atoms with van der Waals surface area (Å²) in [5, 5.41) is 0. The molecule has 19 heavy (non-hydrogen) atoms. The number of allylic oxidation sites excluding steroid dienone is 1. The third-order valence-corrected chi connectivity index (χ3v) is 7.05. The van der Waals surface area contributed by atoms with Gasteiger partial charge >= 0.3 is 0 Å². The molecular formula is C16H28O2S. The second kappa shape index (κ2) is 7.47. The molecule has 2 unspecified atom stereocenters. The maximum Gasteiger partial charge on any atom is 0.0873 e. The lowest BCUT2D eigenvalue weighted by molar-refractivity contribution is 0.229. The van der Waals surface area contributed by atoms with Crippen molar-refractivity contribution >= 4 is 10.8 Å². The second-order valence-electron chi connectivity index (χ2n) is 6.00. The smallest absolute Gasteiger partial charge is 0.0873 e. The minimum Gasteiger partial charge on any atom is -0.501 e. The molecule has 0 radical (unpaired) electrons. The zero-order valence-electron chi connectivity index (χ0n) is 12.3. The number of hydrogen-bond acceptors (Lipinski definition) is 2. The first-order valence-electron chi connectivity index (χ1n) is 7.95. The van der Waals surface area contributed by atoms with Gasteiger partial charge in [0.25, 0.3) is 0 Å². The van der Waals surface area contributed by atoms with Crippen molar-refractivity contribution in [3.05, 3.63) is 11.8 Å². The molecule has 1 aliphatic carbocycles. The zero-order valence-corrected chi connectivity index (χ0v) is 13.1. The van der Waals surface area contributed by atoms with Gasteiger partial charge in [-0.2, -0.15) is 0 Å². The lowest BCUT2D eigenvalue weighted by atomic mass is 9.93. The summed E-state index contributed by atoms with van der Waals surface area (Å²) in [6.45, 7) is 2.99. The Balaban J connectivity index is 1.71. The fraction of sp³-hybridized carbons (Fsp3) is 0.875. The number of hydrogen-bond donors (Lipinski definition) is 0. The summed E-state index contributed by atoms with van der Waals surface area (Å²) in [5.41, 5.74) is 1.48. The van der Waals surface area contributed by atoms with Gasteiger partial charge in [0, 0.05) is 21.3 Å². The SMILES string of the molecule is CCC1(CCCOC=C2CCCC2)CCCCS1=O. The summed E-state index contributed by atoms with van der Waals surface area (Å²) in [6, 6.07) is 0. The third kappa shape index (κ3) is 4.08. The molecule has 2 rings (SSSR count). The van der Waals surface area contributed by atoms with E-state index >= 15 is 0 Å². The Morgan fingerprint density at radius 2 is 2.05 bits per heavy atom.